The number of carbonyl (C=O) groups excluding carboxylic acids is 1. The quantitative estimate of drug-likeness (QED) is 0.823. The molecule has 1 aliphatic heterocycles. The second kappa shape index (κ2) is 8.03. The number of amides is 1. The highest BCUT2D eigenvalue weighted by Gasteiger charge is 2.16. The van der Waals surface area contributed by atoms with Crippen LogP contribution in [0.5, 0.6) is 0 Å². The molecule has 1 atom stereocenters. The van der Waals surface area contributed by atoms with Gasteiger partial charge in [-0.05, 0) is 73.7 Å². The maximum atomic E-state index is 12.4. The van der Waals surface area contributed by atoms with Crippen LogP contribution in [0.4, 0.5) is 5.69 Å². The van der Waals surface area contributed by atoms with Crippen LogP contribution in [0.3, 0.4) is 0 Å². The number of hydrogen-bond donors (Lipinski definition) is 1. The predicted octanol–water partition coefficient (Wildman–Crippen LogP) is 5.13. The zero-order chi connectivity index (χ0) is 17.8. The molecular weight excluding hydrogens is 332 g/mol. The fraction of sp³-hybridized carbons (Fsp3) is 0.381. The molecule has 0 aromatic heterocycles. The van der Waals surface area contributed by atoms with Crippen LogP contribution >= 0.6 is 11.6 Å². The summed E-state index contributed by atoms with van der Waals surface area (Å²) in [6.45, 7) is 7.55. The first kappa shape index (κ1) is 18.0. The second-order valence-corrected chi connectivity index (χ2v) is 7.53. The zero-order valence-electron chi connectivity index (χ0n) is 14.9. The second-order valence-electron chi connectivity index (χ2n) is 7.09. The van der Waals surface area contributed by atoms with Crippen LogP contribution in [-0.4, -0.2) is 23.9 Å². The highest BCUT2D eigenvalue weighted by molar-refractivity contribution is 6.30. The van der Waals surface area contributed by atoms with Gasteiger partial charge >= 0.3 is 0 Å². The van der Waals surface area contributed by atoms with Gasteiger partial charge in [-0.3, -0.25) is 9.69 Å². The van der Waals surface area contributed by atoms with E-state index >= 15 is 0 Å². The van der Waals surface area contributed by atoms with E-state index in [0.717, 1.165) is 30.3 Å². The Kier molecular flexibility index (Phi) is 5.77. The van der Waals surface area contributed by atoms with E-state index in [-0.39, 0.29) is 5.91 Å². The van der Waals surface area contributed by atoms with E-state index in [1.54, 1.807) is 6.07 Å². The van der Waals surface area contributed by atoms with E-state index in [2.05, 4.69) is 29.3 Å². The van der Waals surface area contributed by atoms with Crippen LogP contribution in [0.2, 0.25) is 5.02 Å². The van der Waals surface area contributed by atoms with Crippen LogP contribution in [0, 0.1) is 12.8 Å². The molecule has 0 unspecified atom stereocenters. The molecule has 0 bridgehead atoms. The van der Waals surface area contributed by atoms with Crippen molar-refractivity contribution in [2.75, 3.05) is 18.4 Å². The molecule has 3 nitrogen and oxygen atoms in total. The summed E-state index contributed by atoms with van der Waals surface area (Å²) in [6.07, 6.45) is 2.61. The third-order valence-corrected chi connectivity index (χ3v) is 5.04. The first-order valence-corrected chi connectivity index (χ1v) is 9.28. The number of piperidine rings is 1. The monoisotopic (exact) mass is 356 g/mol. The third kappa shape index (κ3) is 4.83. The summed E-state index contributed by atoms with van der Waals surface area (Å²) in [7, 11) is 0. The van der Waals surface area contributed by atoms with Gasteiger partial charge in [0, 0.05) is 29.4 Å². The van der Waals surface area contributed by atoms with Gasteiger partial charge in [0.05, 0.1) is 0 Å². The lowest BCUT2D eigenvalue weighted by atomic mass is 9.99. The average Bonchev–Trinajstić information content (AvgIpc) is 2.58. The van der Waals surface area contributed by atoms with E-state index in [1.165, 1.54) is 24.9 Å². The normalized spacial score (nSPS) is 18.1. The lowest BCUT2D eigenvalue weighted by molar-refractivity contribution is 0.102. The molecule has 0 radical (unpaired) electrons. The number of carbonyl (C=O) groups is 1. The Hall–Kier alpha value is -1.84. The van der Waals surface area contributed by atoms with Crippen molar-refractivity contribution in [3.8, 4) is 0 Å². The average molecular weight is 357 g/mol. The molecule has 1 aliphatic rings. The topological polar surface area (TPSA) is 32.3 Å². The molecule has 1 fully saturated rings. The molecule has 2 aromatic rings. The number of aryl methyl sites for hydroxylation is 1. The van der Waals surface area contributed by atoms with Gasteiger partial charge in [0.15, 0.2) is 0 Å². The first-order valence-electron chi connectivity index (χ1n) is 8.90. The number of nitrogens with one attached hydrogen (secondary N) is 1. The maximum absolute atomic E-state index is 12.4. The van der Waals surface area contributed by atoms with Crippen LogP contribution in [0.15, 0.2) is 42.5 Å². The maximum Gasteiger partial charge on any atom is 0.255 e. The molecule has 1 heterocycles. The van der Waals surface area contributed by atoms with Crippen LogP contribution in [0.25, 0.3) is 0 Å². The lowest BCUT2D eigenvalue weighted by Crippen LogP contribution is -2.33. The molecule has 2 aromatic carbocycles. The minimum Gasteiger partial charge on any atom is -0.322 e. The minimum atomic E-state index is -0.0939. The van der Waals surface area contributed by atoms with Gasteiger partial charge in [0.25, 0.3) is 5.91 Å². The fourth-order valence-corrected chi connectivity index (χ4v) is 3.64. The molecule has 0 aliphatic carbocycles. The van der Waals surface area contributed by atoms with Crippen molar-refractivity contribution in [2.45, 2.75) is 33.2 Å². The van der Waals surface area contributed by atoms with Gasteiger partial charge in [0.1, 0.15) is 0 Å². The van der Waals surface area contributed by atoms with Crippen LogP contribution in [0.1, 0.15) is 41.3 Å². The predicted molar refractivity (Wildman–Crippen MR) is 104 cm³/mol. The lowest BCUT2D eigenvalue weighted by Gasteiger charge is -2.30. The zero-order valence-corrected chi connectivity index (χ0v) is 15.6. The van der Waals surface area contributed by atoms with Crippen molar-refractivity contribution in [1.82, 2.24) is 4.90 Å². The summed E-state index contributed by atoms with van der Waals surface area (Å²) in [4.78, 5) is 14.9. The highest BCUT2D eigenvalue weighted by Crippen LogP contribution is 2.21. The summed E-state index contributed by atoms with van der Waals surface area (Å²) in [6, 6.07) is 13.4. The van der Waals surface area contributed by atoms with E-state index in [0.29, 0.717) is 10.6 Å². The Morgan fingerprint density at radius 1 is 1.24 bits per heavy atom. The Morgan fingerprint density at radius 3 is 2.68 bits per heavy atom. The van der Waals surface area contributed by atoms with Gasteiger partial charge in [-0.1, -0.05) is 30.7 Å². The molecule has 1 saturated heterocycles. The molecule has 0 saturated carbocycles. The van der Waals surface area contributed by atoms with Gasteiger partial charge in [-0.25, -0.2) is 0 Å². The molecule has 1 amide bonds. The Labute approximate surface area is 155 Å². The van der Waals surface area contributed by atoms with Crippen molar-refractivity contribution in [2.24, 2.45) is 5.92 Å². The molecular formula is C21H25ClN2O. The summed E-state index contributed by atoms with van der Waals surface area (Å²) < 4.78 is 0. The van der Waals surface area contributed by atoms with E-state index in [1.807, 2.05) is 31.2 Å². The largest absolute Gasteiger partial charge is 0.322 e. The summed E-state index contributed by atoms with van der Waals surface area (Å²) in [5.74, 6) is 0.685. The Bertz CT molecular complexity index is 742. The van der Waals surface area contributed by atoms with Crippen molar-refractivity contribution in [1.29, 1.82) is 0 Å². The van der Waals surface area contributed by atoms with Crippen LogP contribution < -0.4 is 5.32 Å². The van der Waals surface area contributed by atoms with Crippen molar-refractivity contribution < 1.29 is 4.79 Å². The third-order valence-electron chi connectivity index (χ3n) is 4.80. The smallest absolute Gasteiger partial charge is 0.255 e. The molecule has 1 N–H and O–H groups in total. The van der Waals surface area contributed by atoms with Crippen molar-refractivity contribution in [3.63, 3.8) is 0 Å². The number of anilines is 1. The number of benzene rings is 2. The highest BCUT2D eigenvalue weighted by atomic mass is 35.5. The van der Waals surface area contributed by atoms with E-state index in [4.69, 9.17) is 11.6 Å². The summed E-state index contributed by atoms with van der Waals surface area (Å²) in [5.41, 5.74) is 3.68. The van der Waals surface area contributed by atoms with Gasteiger partial charge in [0.2, 0.25) is 0 Å². The van der Waals surface area contributed by atoms with Crippen molar-refractivity contribution >= 4 is 23.2 Å². The first-order chi connectivity index (χ1) is 12.0. The molecule has 3 rings (SSSR count). The standard InChI is InChI=1S/C21H25ClN2O/c1-15-4-3-11-24(13-15)14-17-5-7-18(8-6-17)21(25)23-20-10-9-19(22)12-16(20)2/h5-10,12,15H,3-4,11,13-14H2,1-2H3,(H,23,25)/t15-/m0/s1. The number of nitrogens with zero attached hydrogens (tertiary/aromatic N) is 1. The van der Waals surface area contributed by atoms with Gasteiger partial charge < -0.3 is 5.32 Å². The number of rotatable bonds is 4. The Morgan fingerprint density at radius 2 is 2.00 bits per heavy atom. The SMILES string of the molecule is Cc1cc(Cl)ccc1NC(=O)c1ccc(CN2CCC[C@H](C)C2)cc1. The number of hydrogen-bond acceptors (Lipinski definition) is 2. The van der Waals surface area contributed by atoms with Crippen molar-refractivity contribution in [3.05, 3.63) is 64.2 Å². The molecule has 0 spiro atoms. The molecule has 4 heteroatoms. The molecule has 25 heavy (non-hydrogen) atoms. The molecule has 132 valence electrons. The summed E-state index contributed by atoms with van der Waals surface area (Å²) >= 11 is 5.96. The minimum absolute atomic E-state index is 0.0939. The van der Waals surface area contributed by atoms with E-state index < -0.39 is 0 Å². The van der Waals surface area contributed by atoms with Crippen LogP contribution in [-0.2, 0) is 6.54 Å². The van der Waals surface area contributed by atoms with Gasteiger partial charge in [-0.2, -0.15) is 0 Å². The number of halogens is 1. The van der Waals surface area contributed by atoms with Gasteiger partial charge in [-0.15, -0.1) is 0 Å². The number of likely N-dealkylation sites (tertiary alicyclic amines) is 1. The van der Waals surface area contributed by atoms with E-state index in [9.17, 15) is 4.79 Å². The summed E-state index contributed by atoms with van der Waals surface area (Å²) in [5, 5.41) is 3.63. The fourth-order valence-electron chi connectivity index (χ4n) is 3.41. The Balaban J connectivity index is 1.62.